The quantitative estimate of drug-likeness (QED) is 0.239. The lowest BCUT2D eigenvalue weighted by Crippen LogP contribution is -2.28. The van der Waals surface area contributed by atoms with Gasteiger partial charge in [-0.1, -0.05) is 59.6 Å². The number of carbonyl (C=O) groups is 1. The molecule has 0 radical (unpaired) electrons. The minimum Gasteiger partial charge on any atom is -0.493 e. The van der Waals surface area contributed by atoms with Gasteiger partial charge in [0.2, 0.25) is 0 Å². The Kier molecular flexibility index (Phi) is 10.1. The number of halogens is 4. The molecule has 0 heterocycles. The number of alkyl halides is 2. The molecule has 37 heavy (non-hydrogen) atoms. The van der Waals surface area contributed by atoms with Crippen molar-refractivity contribution < 1.29 is 31.5 Å². The van der Waals surface area contributed by atoms with Crippen molar-refractivity contribution >= 4 is 38.8 Å². The van der Waals surface area contributed by atoms with Crippen molar-refractivity contribution in [2.24, 2.45) is 0 Å². The van der Waals surface area contributed by atoms with Crippen LogP contribution in [-0.2, 0) is 25.8 Å². The predicted octanol–water partition coefficient (Wildman–Crippen LogP) is 6.36. The van der Waals surface area contributed by atoms with Gasteiger partial charge in [0.25, 0.3) is 0 Å². The van der Waals surface area contributed by atoms with E-state index >= 15 is 0 Å². The first-order valence-corrected chi connectivity index (χ1v) is 14.0. The van der Waals surface area contributed by atoms with Gasteiger partial charge in [-0.05, 0) is 53.1 Å². The fraction of sp³-hybridized carbons (Fsp3) is 0.296. The van der Waals surface area contributed by atoms with Crippen LogP contribution >= 0.6 is 23.2 Å². The molecule has 0 unspecified atom stereocenters. The van der Waals surface area contributed by atoms with E-state index in [0.29, 0.717) is 15.8 Å². The normalized spacial score (nSPS) is 12.1. The Morgan fingerprint density at radius 1 is 0.838 bits per heavy atom. The molecule has 0 N–H and O–H groups in total. The molecule has 0 saturated heterocycles. The Hall–Kier alpha value is -2.52. The van der Waals surface area contributed by atoms with E-state index in [1.807, 2.05) is 24.3 Å². The third kappa shape index (κ3) is 9.07. The van der Waals surface area contributed by atoms with Gasteiger partial charge in [0, 0.05) is 23.4 Å². The topological polar surface area (TPSA) is 69.7 Å². The highest BCUT2D eigenvalue weighted by molar-refractivity contribution is 7.91. The SMILES string of the molecule is CC(=O)C(F)(F)Cc1ccc(OCCS(=O)(=O)CCOC(c2ccc(Cl)cc2)c2ccc(Cl)cc2)cc1. The number of ketones is 1. The van der Waals surface area contributed by atoms with Crippen molar-refractivity contribution in [2.45, 2.75) is 25.4 Å². The molecule has 3 rings (SSSR count). The zero-order chi connectivity index (χ0) is 27.1. The second-order valence-electron chi connectivity index (χ2n) is 8.44. The van der Waals surface area contributed by atoms with Gasteiger partial charge in [0.1, 0.15) is 18.5 Å². The molecule has 0 amide bonds. The molecule has 0 atom stereocenters. The Morgan fingerprint density at radius 2 is 1.32 bits per heavy atom. The second-order valence-corrected chi connectivity index (χ2v) is 11.6. The average Bonchev–Trinajstić information content (AvgIpc) is 2.84. The summed E-state index contributed by atoms with van der Waals surface area (Å²) in [6.45, 7) is 0.693. The molecule has 0 aliphatic carbocycles. The number of rotatable bonds is 13. The summed E-state index contributed by atoms with van der Waals surface area (Å²) in [5.74, 6) is -4.75. The van der Waals surface area contributed by atoms with Gasteiger partial charge in [-0.25, -0.2) is 8.42 Å². The number of hydrogen-bond acceptors (Lipinski definition) is 5. The molecule has 198 valence electrons. The zero-order valence-electron chi connectivity index (χ0n) is 20.0. The molecule has 10 heteroatoms. The van der Waals surface area contributed by atoms with Crippen LogP contribution in [0.25, 0.3) is 0 Å². The van der Waals surface area contributed by atoms with Gasteiger partial charge < -0.3 is 9.47 Å². The van der Waals surface area contributed by atoms with Gasteiger partial charge in [-0.3, -0.25) is 4.79 Å². The van der Waals surface area contributed by atoms with E-state index in [1.54, 1.807) is 24.3 Å². The van der Waals surface area contributed by atoms with Crippen molar-refractivity contribution in [3.8, 4) is 5.75 Å². The monoisotopic (exact) mass is 570 g/mol. The van der Waals surface area contributed by atoms with Crippen molar-refractivity contribution in [3.05, 3.63) is 99.5 Å². The average molecular weight is 571 g/mol. The molecule has 5 nitrogen and oxygen atoms in total. The maximum Gasteiger partial charge on any atom is 0.308 e. The minimum atomic E-state index is -3.50. The van der Waals surface area contributed by atoms with Gasteiger partial charge in [-0.15, -0.1) is 0 Å². The van der Waals surface area contributed by atoms with Crippen LogP contribution in [0.3, 0.4) is 0 Å². The molecular weight excluding hydrogens is 545 g/mol. The van der Waals surface area contributed by atoms with Gasteiger partial charge >= 0.3 is 5.92 Å². The van der Waals surface area contributed by atoms with Crippen LogP contribution in [0.15, 0.2) is 72.8 Å². The first-order valence-electron chi connectivity index (χ1n) is 11.4. The smallest absolute Gasteiger partial charge is 0.308 e. The van der Waals surface area contributed by atoms with E-state index in [4.69, 9.17) is 32.7 Å². The van der Waals surface area contributed by atoms with Gasteiger partial charge in [0.05, 0.1) is 18.1 Å². The number of sulfone groups is 1. The maximum absolute atomic E-state index is 13.6. The molecule has 3 aromatic rings. The summed E-state index contributed by atoms with van der Waals surface area (Å²) in [4.78, 5) is 11.0. The van der Waals surface area contributed by atoms with Crippen molar-refractivity contribution in [3.63, 3.8) is 0 Å². The van der Waals surface area contributed by atoms with E-state index in [1.165, 1.54) is 24.3 Å². The highest BCUT2D eigenvalue weighted by Gasteiger charge is 2.34. The summed E-state index contributed by atoms with van der Waals surface area (Å²) in [5, 5.41) is 1.15. The summed E-state index contributed by atoms with van der Waals surface area (Å²) in [5.41, 5.74) is 1.90. The van der Waals surface area contributed by atoms with Crippen molar-refractivity contribution in [1.82, 2.24) is 0 Å². The molecule has 0 saturated carbocycles. The number of Topliss-reactive ketones (excluding diaryl/α,β-unsaturated/α-hetero) is 1. The van der Waals surface area contributed by atoms with Crippen LogP contribution < -0.4 is 4.74 Å². The largest absolute Gasteiger partial charge is 0.493 e. The summed E-state index contributed by atoms with van der Waals surface area (Å²) in [6, 6.07) is 20.0. The van der Waals surface area contributed by atoms with Crippen LogP contribution in [0.2, 0.25) is 10.0 Å². The Balaban J connectivity index is 1.52. The fourth-order valence-corrected chi connectivity index (χ4v) is 4.57. The highest BCUT2D eigenvalue weighted by Crippen LogP contribution is 2.28. The van der Waals surface area contributed by atoms with E-state index < -0.39 is 34.1 Å². The summed E-state index contributed by atoms with van der Waals surface area (Å²) in [7, 11) is -3.50. The Labute approximate surface area is 225 Å². The molecule has 0 aliphatic rings. The van der Waals surface area contributed by atoms with Crippen LogP contribution in [-0.4, -0.2) is 44.8 Å². The Bertz CT molecular complexity index is 1230. The predicted molar refractivity (Wildman–Crippen MR) is 141 cm³/mol. The number of carbonyl (C=O) groups excluding carboxylic acids is 1. The molecule has 3 aromatic carbocycles. The highest BCUT2D eigenvalue weighted by atomic mass is 35.5. The molecule has 0 aromatic heterocycles. The lowest BCUT2D eigenvalue weighted by Gasteiger charge is -2.19. The lowest BCUT2D eigenvalue weighted by atomic mass is 10.0. The van der Waals surface area contributed by atoms with Crippen molar-refractivity contribution in [1.29, 1.82) is 0 Å². The van der Waals surface area contributed by atoms with Crippen LogP contribution in [0.5, 0.6) is 5.75 Å². The summed E-state index contributed by atoms with van der Waals surface area (Å²) >= 11 is 12.0. The number of benzene rings is 3. The molecular formula is C27H26Cl2F2O5S. The Morgan fingerprint density at radius 3 is 1.81 bits per heavy atom. The molecule has 0 spiro atoms. The summed E-state index contributed by atoms with van der Waals surface area (Å²) < 4.78 is 63.6. The number of ether oxygens (including phenoxy) is 2. The van der Waals surface area contributed by atoms with E-state index in [-0.39, 0.29) is 30.3 Å². The zero-order valence-corrected chi connectivity index (χ0v) is 22.3. The molecule has 0 fully saturated rings. The van der Waals surface area contributed by atoms with E-state index in [0.717, 1.165) is 18.1 Å². The fourth-order valence-electron chi connectivity index (χ4n) is 3.43. The minimum absolute atomic E-state index is 0.0443. The van der Waals surface area contributed by atoms with Crippen LogP contribution in [0, 0.1) is 0 Å². The van der Waals surface area contributed by atoms with Crippen LogP contribution in [0.1, 0.15) is 29.7 Å². The first-order chi connectivity index (χ1) is 17.4. The third-order valence-electron chi connectivity index (χ3n) is 5.55. The number of hydrogen-bond donors (Lipinski definition) is 0. The standard InChI is InChI=1S/C27H26Cl2F2O5S/c1-19(32)27(30,31)18-20-2-12-25(13-3-20)35-14-16-37(33,34)17-15-36-26(21-4-8-23(28)9-5-21)22-6-10-24(29)11-7-22/h2-13,26H,14-18H2,1H3. The van der Waals surface area contributed by atoms with E-state index in [2.05, 4.69) is 0 Å². The second kappa shape index (κ2) is 12.8. The van der Waals surface area contributed by atoms with Gasteiger partial charge in [0.15, 0.2) is 15.6 Å². The van der Waals surface area contributed by atoms with Gasteiger partial charge in [-0.2, -0.15) is 8.78 Å². The first kappa shape index (κ1) is 29.0. The molecule has 0 bridgehead atoms. The molecule has 0 aliphatic heterocycles. The maximum atomic E-state index is 13.6. The van der Waals surface area contributed by atoms with E-state index in [9.17, 15) is 22.0 Å². The van der Waals surface area contributed by atoms with Crippen LogP contribution in [0.4, 0.5) is 8.78 Å². The third-order valence-corrected chi connectivity index (χ3v) is 7.63. The summed E-state index contributed by atoms with van der Waals surface area (Å²) in [6.07, 6.45) is -1.21. The van der Waals surface area contributed by atoms with Crippen molar-refractivity contribution in [2.75, 3.05) is 24.7 Å². The lowest BCUT2D eigenvalue weighted by molar-refractivity contribution is -0.140.